The maximum atomic E-state index is 9.58. The number of ether oxygens (including phenoxy) is 1. The highest BCUT2D eigenvalue weighted by atomic mass is 16.5. The van der Waals surface area contributed by atoms with Crippen molar-refractivity contribution < 1.29 is 9.84 Å². The van der Waals surface area contributed by atoms with Gasteiger partial charge < -0.3 is 15.6 Å². The molecule has 88 valence electrons. The Labute approximate surface area is 100 Å². The minimum Gasteiger partial charge on any atom is -0.508 e. The van der Waals surface area contributed by atoms with E-state index in [4.69, 9.17) is 10.5 Å². The molecular weight excluding hydrogens is 214 g/mol. The summed E-state index contributed by atoms with van der Waals surface area (Å²) in [6.07, 6.45) is 0. The standard InChI is InChI=1S/C14H15NO2/c1-17-13-4-2-3-10(8-13)11-5-6-14(16)12(7-11)9-15/h2-8,16H,9,15H2,1H3. The smallest absolute Gasteiger partial charge is 0.120 e. The molecule has 0 bridgehead atoms. The molecule has 0 aliphatic heterocycles. The van der Waals surface area contributed by atoms with Crippen LogP contribution in [0.1, 0.15) is 5.56 Å². The molecule has 0 aromatic heterocycles. The summed E-state index contributed by atoms with van der Waals surface area (Å²) in [5.74, 6) is 1.05. The number of rotatable bonds is 3. The predicted octanol–water partition coefficient (Wildman–Crippen LogP) is 2.53. The van der Waals surface area contributed by atoms with E-state index in [2.05, 4.69) is 0 Å². The Bertz CT molecular complexity index is 523. The van der Waals surface area contributed by atoms with Crippen LogP contribution in [-0.4, -0.2) is 12.2 Å². The van der Waals surface area contributed by atoms with Crippen LogP contribution in [0.3, 0.4) is 0 Å². The zero-order valence-electron chi connectivity index (χ0n) is 9.68. The van der Waals surface area contributed by atoms with E-state index < -0.39 is 0 Å². The van der Waals surface area contributed by atoms with E-state index in [1.165, 1.54) is 0 Å². The summed E-state index contributed by atoms with van der Waals surface area (Å²) in [5.41, 5.74) is 8.37. The Hall–Kier alpha value is -2.00. The van der Waals surface area contributed by atoms with Crippen molar-refractivity contribution in [2.24, 2.45) is 5.73 Å². The SMILES string of the molecule is COc1cccc(-c2ccc(O)c(CN)c2)c1. The van der Waals surface area contributed by atoms with Crippen LogP contribution in [-0.2, 0) is 6.54 Å². The molecule has 2 aromatic rings. The predicted molar refractivity (Wildman–Crippen MR) is 68.0 cm³/mol. The third kappa shape index (κ3) is 2.40. The second-order valence-electron chi connectivity index (χ2n) is 3.78. The fourth-order valence-corrected chi connectivity index (χ4v) is 1.73. The topological polar surface area (TPSA) is 55.5 Å². The first kappa shape index (κ1) is 11.5. The average molecular weight is 229 g/mol. The number of methoxy groups -OCH3 is 1. The number of aromatic hydroxyl groups is 1. The molecule has 2 rings (SSSR count). The molecule has 0 fully saturated rings. The zero-order valence-corrected chi connectivity index (χ0v) is 9.68. The van der Waals surface area contributed by atoms with Gasteiger partial charge in [0.1, 0.15) is 11.5 Å². The van der Waals surface area contributed by atoms with Crippen LogP contribution in [0.25, 0.3) is 11.1 Å². The normalized spacial score (nSPS) is 10.2. The molecule has 2 aromatic carbocycles. The van der Waals surface area contributed by atoms with Gasteiger partial charge in [-0.3, -0.25) is 0 Å². The van der Waals surface area contributed by atoms with E-state index in [0.29, 0.717) is 6.54 Å². The lowest BCUT2D eigenvalue weighted by atomic mass is 10.0. The van der Waals surface area contributed by atoms with Crippen LogP contribution in [0.4, 0.5) is 0 Å². The maximum absolute atomic E-state index is 9.58. The number of hydrogen-bond donors (Lipinski definition) is 2. The Kier molecular flexibility index (Phi) is 3.30. The van der Waals surface area contributed by atoms with Crippen molar-refractivity contribution in [1.29, 1.82) is 0 Å². The molecule has 0 amide bonds. The fraction of sp³-hybridized carbons (Fsp3) is 0.143. The van der Waals surface area contributed by atoms with Gasteiger partial charge in [0.15, 0.2) is 0 Å². The Morgan fingerprint density at radius 3 is 2.59 bits per heavy atom. The molecular formula is C14H15NO2. The zero-order chi connectivity index (χ0) is 12.3. The van der Waals surface area contributed by atoms with Gasteiger partial charge in [-0.15, -0.1) is 0 Å². The van der Waals surface area contributed by atoms with E-state index in [-0.39, 0.29) is 5.75 Å². The van der Waals surface area contributed by atoms with Crippen LogP contribution in [0, 0.1) is 0 Å². The summed E-state index contributed by atoms with van der Waals surface area (Å²) in [5, 5.41) is 9.58. The van der Waals surface area contributed by atoms with E-state index in [1.807, 2.05) is 36.4 Å². The quantitative estimate of drug-likeness (QED) is 0.850. The van der Waals surface area contributed by atoms with E-state index in [1.54, 1.807) is 13.2 Å². The Morgan fingerprint density at radius 2 is 1.88 bits per heavy atom. The number of phenols is 1. The average Bonchev–Trinajstić information content (AvgIpc) is 2.39. The van der Waals surface area contributed by atoms with Gasteiger partial charge in [0.05, 0.1) is 7.11 Å². The monoisotopic (exact) mass is 229 g/mol. The first-order valence-electron chi connectivity index (χ1n) is 5.41. The third-order valence-electron chi connectivity index (χ3n) is 2.70. The van der Waals surface area contributed by atoms with Crippen LogP contribution >= 0.6 is 0 Å². The Balaban J connectivity index is 2.45. The fourth-order valence-electron chi connectivity index (χ4n) is 1.73. The van der Waals surface area contributed by atoms with Gasteiger partial charge >= 0.3 is 0 Å². The maximum Gasteiger partial charge on any atom is 0.120 e. The minimum atomic E-state index is 0.235. The van der Waals surface area contributed by atoms with Crippen molar-refractivity contribution in [2.75, 3.05) is 7.11 Å². The number of nitrogens with two attached hydrogens (primary N) is 1. The molecule has 17 heavy (non-hydrogen) atoms. The molecule has 0 heterocycles. The molecule has 0 aliphatic rings. The van der Waals surface area contributed by atoms with Gasteiger partial charge in [-0.05, 0) is 35.4 Å². The van der Waals surface area contributed by atoms with Gasteiger partial charge in [0, 0.05) is 12.1 Å². The summed E-state index contributed by atoms with van der Waals surface area (Å²) in [4.78, 5) is 0. The van der Waals surface area contributed by atoms with Crippen LogP contribution in [0.15, 0.2) is 42.5 Å². The van der Waals surface area contributed by atoms with Gasteiger partial charge in [-0.1, -0.05) is 18.2 Å². The first-order valence-corrected chi connectivity index (χ1v) is 5.41. The summed E-state index contributed by atoms with van der Waals surface area (Å²) in [7, 11) is 1.64. The van der Waals surface area contributed by atoms with Gasteiger partial charge in [0.2, 0.25) is 0 Å². The second kappa shape index (κ2) is 4.89. The molecule has 0 aliphatic carbocycles. The summed E-state index contributed by atoms with van der Waals surface area (Å²) >= 11 is 0. The van der Waals surface area contributed by atoms with Crippen molar-refractivity contribution in [2.45, 2.75) is 6.54 Å². The first-order chi connectivity index (χ1) is 8.24. The van der Waals surface area contributed by atoms with E-state index >= 15 is 0 Å². The largest absolute Gasteiger partial charge is 0.508 e. The number of phenolic OH excluding ortho intramolecular Hbond substituents is 1. The van der Waals surface area contributed by atoms with Gasteiger partial charge in [0.25, 0.3) is 0 Å². The highest BCUT2D eigenvalue weighted by Crippen LogP contribution is 2.27. The summed E-state index contributed by atoms with van der Waals surface area (Å²) in [6.45, 7) is 0.323. The van der Waals surface area contributed by atoms with Crippen LogP contribution in [0.5, 0.6) is 11.5 Å². The number of hydrogen-bond acceptors (Lipinski definition) is 3. The lowest BCUT2D eigenvalue weighted by Gasteiger charge is -2.07. The molecule has 0 spiro atoms. The lowest BCUT2D eigenvalue weighted by Crippen LogP contribution is -1.96. The highest BCUT2D eigenvalue weighted by Gasteiger charge is 2.04. The van der Waals surface area contributed by atoms with E-state index in [0.717, 1.165) is 22.4 Å². The van der Waals surface area contributed by atoms with Crippen molar-refractivity contribution in [3.8, 4) is 22.6 Å². The molecule has 0 saturated carbocycles. The van der Waals surface area contributed by atoms with Crippen molar-refractivity contribution >= 4 is 0 Å². The molecule has 0 radical (unpaired) electrons. The molecule has 3 heteroatoms. The Morgan fingerprint density at radius 1 is 1.12 bits per heavy atom. The van der Waals surface area contributed by atoms with E-state index in [9.17, 15) is 5.11 Å². The molecule has 3 N–H and O–H groups in total. The lowest BCUT2D eigenvalue weighted by molar-refractivity contribution is 0.415. The van der Waals surface area contributed by atoms with Gasteiger partial charge in [-0.2, -0.15) is 0 Å². The van der Waals surface area contributed by atoms with Crippen molar-refractivity contribution in [3.05, 3.63) is 48.0 Å². The van der Waals surface area contributed by atoms with Crippen molar-refractivity contribution in [3.63, 3.8) is 0 Å². The van der Waals surface area contributed by atoms with Crippen LogP contribution < -0.4 is 10.5 Å². The second-order valence-corrected chi connectivity index (χ2v) is 3.78. The molecule has 0 atom stereocenters. The van der Waals surface area contributed by atoms with Crippen LogP contribution in [0.2, 0.25) is 0 Å². The van der Waals surface area contributed by atoms with Gasteiger partial charge in [-0.25, -0.2) is 0 Å². The summed E-state index contributed by atoms with van der Waals surface area (Å²) < 4.78 is 5.18. The third-order valence-corrected chi connectivity index (χ3v) is 2.70. The van der Waals surface area contributed by atoms with Crippen molar-refractivity contribution in [1.82, 2.24) is 0 Å². The highest BCUT2D eigenvalue weighted by molar-refractivity contribution is 5.67. The molecule has 3 nitrogen and oxygen atoms in total. The minimum absolute atomic E-state index is 0.235. The number of benzene rings is 2. The molecule has 0 saturated heterocycles. The summed E-state index contributed by atoms with van der Waals surface area (Å²) in [6, 6.07) is 13.2. The molecule has 0 unspecified atom stereocenters.